The van der Waals surface area contributed by atoms with Gasteiger partial charge in [-0.2, -0.15) is 0 Å². The zero-order chi connectivity index (χ0) is 11.5. The third-order valence-corrected chi connectivity index (χ3v) is 2.81. The summed E-state index contributed by atoms with van der Waals surface area (Å²) in [5, 5.41) is 4.23. The fourth-order valence-corrected chi connectivity index (χ4v) is 2.01. The van der Waals surface area contributed by atoms with Gasteiger partial charge >= 0.3 is 0 Å². The number of halogens is 3. The number of hydrogen-bond donors (Lipinski definition) is 1. The number of aromatic nitrogens is 2. The van der Waals surface area contributed by atoms with Crippen LogP contribution in [-0.2, 0) is 0 Å². The number of nitrogens with one attached hydrogen (secondary N) is 1. The zero-order valence-electron chi connectivity index (χ0n) is 7.92. The van der Waals surface area contributed by atoms with Crippen molar-refractivity contribution in [3.05, 3.63) is 45.2 Å². The second kappa shape index (κ2) is 4.99. The average molecular weight is 319 g/mol. The molecular formula is C10H6BrCl2N3. The standard InChI is InChI=1S/C10H6BrCl2N3/c11-9-4-14-5-15-10(9)16-8-2-6(12)1-7(13)3-8/h1-5H,(H,14,15,16). The van der Waals surface area contributed by atoms with Gasteiger partial charge in [-0.05, 0) is 34.1 Å². The van der Waals surface area contributed by atoms with Gasteiger partial charge in [-0.1, -0.05) is 23.2 Å². The molecule has 82 valence electrons. The number of benzene rings is 1. The van der Waals surface area contributed by atoms with E-state index in [2.05, 4.69) is 31.2 Å². The zero-order valence-corrected chi connectivity index (χ0v) is 11.0. The van der Waals surface area contributed by atoms with Gasteiger partial charge in [0.25, 0.3) is 0 Å². The molecule has 1 heterocycles. The van der Waals surface area contributed by atoms with Gasteiger partial charge < -0.3 is 5.32 Å². The molecule has 0 saturated carbocycles. The van der Waals surface area contributed by atoms with Gasteiger partial charge in [0, 0.05) is 21.9 Å². The first-order chi connectivity index (χ1) is 7.65. The maximum absolute atomic E-state index is 5.89. The molecule has 1 aromatic heterocycles. The van der Waals surface area contributed by atoms with Gasteiger partial charge in [0.2, 0.25) is 0 Å². The summed E-state index contributed by atoms with van der Waals surface area (Å²) in [6.07, 6.45) is 3.11. The van der Waals surface area contributed by atoms with Gasteiger partial charge in [0.05, 0.1) is 4.47 Å². The van der Waals surface area contributed by atoms with E-state index in [-0.39, 0.29) is 0 Å². The maximum atomic E-state index is 5.89. The molecule has 0 amide bonds. The SMILES string of the molecule is Clc1cc(Cl)cc(Nc2ncncc2Br)c1. The predicted octanol–water partition coefficient (Wildman–Crippen LogP) is 4.29. The van der Waals surface area contributed by atoms with Crippen LogP contribution in [0.1, 0.15) is 0 Å². The Morgan fingerprint density at radius 3 is 2.44 bits per heavy atom. The second-order valence-corrected chi connectivity index (χ2v) is 4.73. The Hall–Kier alpha value is -0.840. The molecule has 0 aliphatic carbocycles. The van der Waals surface area contributed by atoms with Crippen molar-refractivity contribution >= 4 is 50.6 Å². The molecule has 0 fully saturated rings. The van der Waals surface area contributed by atoms with Crippen LogP contribution < -0.4 is 5.32 Å². The minimum Gasteiger partial charge on any atom is -0.339 e. The second-order valence-electron chi connectivity index (χ2n) is 3.00. The van der Waals surface area contributed by atoms with Gasteiger partial charge in [-0.15, -0.1) is 0 Å². The quantitative estimate of drug-likeness (QED) is 0.897. The van der Waals surface area contributed by atoms with Gasteiger partial charge in [-0.3, -0.25) is 0 Å². The first-order valence-corrected chi connectivity index (χ1v) is 5.88. The Morgan fingerprint density at radius 1 is 1.12 bits per heavy atom. The summed E-state index contributed by atoms with van der Waals surface area (Å²) in [6.45, 7) is 0. The highest BCUT2D eigenvalue weighted by atomic mass is 79.9. The number of nitrogens with zero attached hydrogens (tertiary/aromatic N) is 2. The highest BCUT2D eigenvalue weighted by molar-refractivity contribution is 9.10. The van der Waals surface area contributed by atoms with E-state index in [1.54, 1.807) is 24.4 Å². The smallest absolute Gasteiger partial charge is 0.148 e. The van der Waals surface area contributed by atoms with Crippen LogP contribution in [0.15, 0.2) is 35.2 Å². The molecule has 2 aromatic rings. The van der Waals surface area contributed by atoms with E-state index < -0.39 is 0 Å². The molecule has 2 rings (SSSR count). The Bertz CT molecular complexity index is 499. The summed E-state index contributed by atoms with van der Waals surface area (Å²) >= 11 is 15.1. The lowest BCUT2D eigenvalue weighted by atomic mass is 10.3. The highest BCUT2D eigenvalue weighted by Crippen LogP contribution is 2.27. The largest absolute Gasteiger partial charge is 0.339 e. The van der Waals surface area contributed by atoms with E-state index in [0.29, 0.717) is 15.9 Å². The molecule has 0 atom stereocenters. The number of rotatable bonds is 2. The molecule has 16 heavy (non-hydrogen) atoms. The minimum atomic E-state index is 0.570. The predicted molar refractivity (Wildman–Crippen MR) is 69.5 cm³/mol. The molecule has 1 N–H and O–H groups in total. The van der Waals surface area contributed by atoms with Crippen molar-refractivity contribution in [3.63, 3.8) is 0 Å². The minimum absolute atomic E-state index is 0.570. The molecule has 0 bridgehead atoms. The number of hydrogen-bond acceptors (Lipinski definition) is 3. The Kier molecular flexibility index (Phi) is 3.63. The molecular weight excluding hydrogens is 313 g/mol. The maximum Gasteiger partial charge on any atom is 0.148 e. The average Bonchev–Trinajstić information content (AvgIpc) is 2.20. The van der Waals surface area contributed by atoms with Gasteiger partial charge in [0.15, 0.2) is 0 Å². The molecule has 0 aliphatic rings. The molecule has 0 saturated heterocycles. The van der Waals surface area contributed by atoms with Crippen molar-refractivity contribution in [1.29, 1.82) is 0 Å². The molecule has 0 spiro atoms. The van der Waals surface area contributed by atoms with Crippen LogP contribution >= 0.6 is 39.1 Å². The van der Waals surface area contributed by atoms with Crippen molar-refractivity contribution in [2.24, 2.45) is 0 Å². The molecule has 0 aliphatic heterocycles. The summed E-state index contributed by atoms with van der Waals surface area (Å²) in [5.41, 5.74) is 0.775. The molecule has 1 aromatic carbocycles. The Labute approximate surface area is 111 Å². The lowest BCUT2D eigenvalue weighted by Gasteiger charge is -2.07. The van der Waals surface area contributed by atoms with Crippen LogP contribution in [0.4, 0.5) is 11.5 Å². The molecule has 0 unspecified atom stereocenters. The molecule has 0 radical (unpaired) electrons. The van der Waals surface area contributed by atoms with Crippen LogP contribution in [0.2, 0.25) is 10.0 Å². The first kappa shape index (κ1) is 11.6. The summed E-state index contributed by atoms with van der Waals surface area (Å²) in [4.78, 5) is 7.95. The van der Waals surface area contributed by atoms with E-state index >= 15 is 0 Å². The Morgan fingerprint density at radius 2 is 1.81 bits per heavy atom. The van der Waals surface area contributed by atoms with Gasteiger partial charge in [0.1, 0.15) is 12.1 Å². The normalized spacial score (nSPS) is 10.2. The highest BCUT2D eigenvalue weighted by Gasteiger charge is 2.03. The molecule has 3 nitrogen and oxygen atoms in total. The van der Waals surface area contributed by atoms with E-state index in [9.17, 15) is 0 Å². The Balaban J connectivity index is 2.30. The molecule has 6 heteroatoms. The van der Waals surface area contributed by atoms with Crippen molar-refractivity contribution in [3.8, 4) is 0 Å². The monoisotopic (exact) mass is 317 g/mol. The van der Waals surface area contributed by atoms with E-state index in [1.165, 1.54) is 6.33 Å². The van der Waals surface area contributed by atoms with Crippen LogP contribution in [-0.4, -0.2) is 9.97 Å². The summed E-state index contributed by atoms with van der Waals surface area (Å²) in [7, 11) is 0. The summed E-state index contributed by atoms with van der Waals surface area (Å²) in [6, 6.07) is 5.20. The van der Waals surface area contributed by atoms with Crippen molar-refractivity contribution in [2.75, 3.05) is 5.32 Å². The fourth-order valence-electron chi connectivity index (χ4n) is 1.17. The van der Waals surface area contributed by atoms with Crippen molar-refractivity contribution in [1.82, 2.24) is 9.97 Å². The van der Waals surface area contributed by atoms with Crippen LogP contribution in [0.3, 0.4) is 0 Å². The van der Waals surface area contributed by atoms with E-state index in [4.69, 9.17) is 23.2 Å². The summed E-state index contributed by atoms with van der Waals surface area (Å²) in [5.74, 6) is 0.660. The van der Waals surface area contributed by atoms with E-state index in [0.717, 1.165) is 10.2 Å². The topological polar surface area (TPSA) is 37.8 Å². The lowest BCUT2D eigenvalue weighted by molar-refractivity contribution is 1.15. The van der Waals surface area contributed by atoms with E-state index in [1.807, 2.05) is 0 Å². The lowest BCUT2D eigenvalue weighted by Crippen LogP contribution is -1.95. The van der Waals surface area contributed by atoms with Gasteiger partial charge in [-0.25, -0.2) is 9.97 Å². The summed E-state index contributed by atoms with van der Waals surface area (Å²) < 4.78 is 0.770. The third kappa shape index (κ3) is 2.84. The number of anilines is 2. The van der Waals surface area contributed by atoms with Crippen molar-refractivity contribution in [2.45, 2.75) is 0 Å². The van der Waals surface area contributed by atoms with Crippen molar-refractivity contribution < 1.29 is 0 Å². The fraction of sp³-hybridized carbons (Fsp3) is 0. The van der Waals surface area contributed by atoms with Crippen LogP contribution in [0.5, 0.6) is 0 Å². The first-order valence-electron chi connectivity index (χ1n) is 4.34. The third-order valence-electron chi connectivity index (χ3n) is 1.79. The van der Waals surface area contributed by atoms with Crippen LogP contribution in [0, 0.1) is 0 Å². The van der Waals surface area contributed by atoms with Crippen LogP contribution in [0.25, 0.3) is 0 Å².